The third-order valence-electron chi connectivity index (χ3n) is 5.95. The maximum absolute atomic E-state index is 12.3. The lowest BCUT2D eigenvalue weighted by molar-refractivity contribution is -0.140. The minimum absolute atomic E-state index is 0.0959. The van der Waals surface area contributed by atoms with Crippen molar-refractivity contribution in [3.63, 3.8) is 0 Å². The molecule has 11 heteroatoms. The number of aromatic nitrogens is 3. The van der Waals surface area contributed by atoms with Gasteiger partial charge in [0, 0.05) is 17.7 Å². The molecule has 1 unspecified atom stereocenters. The SMILES string of the molecule is Nc1nc2[nH]c(CCCCCCCc3ccc(C(=O)NC(CCC(=O)O)C(=O)O)cc3)cc2c(=O)[nH]1. The summed E-state index contributed by atoms with van der Waals surface area (Å²) < 4.78 is 0. The molecule has 0 aliphatic heterocycles. The number of aromatic amines is 2. The summed E-state index contributed by atoms with van der Waals surface area (Å²) in [6.07, 6.45) is 6.40. The van der Waals surface area contributed by atoms with E-state index in [0.717, 1.165) is 56.2 Å². The van der Waals surface area contributed by atoms with Crippen LogP contribution in [0.5, 0.6) is 0 Å². The Bertz CT molecular complexity index is 1260. The standard InChI is InChI=1S/C25H31N5O6/c26-25-29-21-18(23(34)30-25)14-17(27-21)7-5-3-1-2-4-6-15-8-10-16(11-9-15)22(33)28-19(24(35)36)12-13-20(31)32/h8-11,14,19H,1-7,12-13H2,(H,28,33)(H,31,32)(H,35,36)(H4,26,27,29,30,34). The van der Waals surface area contributed by atoms with Gasteiger partial charge in [-0.15, -0.1) is 0 Å². The topological polar surface area (TPSA) is 191 Å². The number of carbonyl (C=O) groups excluding carboxylic acids is 1. The van der Waals surface area contributed by atoms with Crippen LogP contribution in [0, 0.1) is 0 Å². The van der Waals surface area contributed by atoms with E-state index >= 15 is 0 Å². The normalized spacial score (nSPS) is 11.9. The summed E-state index contributed by atoms with van der Waals surface area (Å²) in [6, 6.07) is 7.56. The van der Waals surface area contributed by atoms with Crippen molar-refractivity contribution < 1.29 is 24.6 Å². The number of H-pyrrole nitrogens is 2. The molecule has 1 amide bonds. The Labute approximate surface area is 207 Å². The van der Waals surface area contributed by atoms with Gasteiger partial charge in [-0.05, 0) is 55.9 Å². The molecule has 2 heterocycles. The summed E-state index contributed by atoms with van der Waals surface area (Å²) in [5.41, 5.74) is 8.22. The molecule has 0 radical (unpaired) electrons. The van der Waals surface area contributed by atoms with Crippen LogP contribution in [-0.4, -0.2) is 49.1 Å². The van der Waals surface area contributed by atoms with Gasteiger partial charge < -0.3 is 26.2 Å². The number of carbonyl (C=O) groups is 3. The molecule has 0 bridgehead atoms. The van der Waals surface area contributed by atoms with Crippen LogP contribution in [0.15, 0.2) is 35.1 Å². The average molecular weight is 498 g/mol. The van der Waals surface area contributed by atoms with Crippen molar-refractivity contribution in [1.82, 2.24) is 20.3 Å². The Morgan fingerprint density at radius 1 is 0.972 bits per heavy atom. The number of hydrogen-bond donors (Lipinski definition) is 6. The lowest BCUT2D eigenvalue weighted by Crippen LogP contribution is -2.41. The summed E-state index contributed by atoms with van der Waals surface area (Å²) in [5.74, 6) is -2.83. The molecular weight excluding hydrogens is 466 g/mol. The smallest absolute Gasteiger partial charge is 0.326 e. The molecule has 36 heavy (non-hydrogen) atoms. The third-order valence-corrected chi connectivity index (χ3v) is 5.95. The maximum atomic E-state index is 12.3. The largest absolute Gasteiger partial charge is 0.481 e. The number of aryl methyl sites for hydroxylation is 2. The van der Waals surface area contributed by atoms with Crippen LogP contribution < -0.4 is 16.6 Å². The van der Waals surface area contributed by atoms with Crippen molar-refractivity contribution in [3.8, 4) is 0 Å². The van der Waals surface area contributed by atoms with Crippen molar-refractivity contribution in [2.45, 2.75) is 63.8 Å². The van der Waals surface area contributed by atoms with Gasteiger partial charge in [-0.2, -0.15) is 4.98 Å². The van der Waals surface area contributed by atoms with Crippen LogP contribution in [0.25, 0.3) is 11.0 Å². The number of nitrogens with zero attached hydrogens (tertiary/aromatic N) is 1. The third kappa shape index (κ3) is 7.69. The van der Waals surface area contributed by atoms with Crippen LogP contribution in [0.4, 0.5) is 5.95 Å². The van der Waals surface area contributed by atoms with Crippen molar-refractivity contribution >= 4 is 34.8 Å². The van der Waals surface area contributed by atoms with Crippen LogP contribution in [0.3, 0.4) is 0 Å². The number of carboxylic acid groups (broad SMARTS) is 2. The number of anilines is 1. The number of rotatable bonds is 14. The first-order valence-electron chi connectivity index (χ1n) is 11.9. The van der Waals surface area contributed by atoms with E-state index in [1.165, 1.54) is 0 Å². The molecular formula is C25H31N5O6. The Hall–Kier alpha value is -4.15. The molecule has 0 aliphatic rings. The fraction of sp³-hybridized carbons (Fsp3) is 0.400. The van der Waals surface area contributed by atoms with E-state index in [1.807, 2.05) is 18.2 Å². The zero-order chi connectivity index (χ0) is 26.1. The number of nitrogen functional groups attached to an aromatic ring is 1. The molecule has 0 saturated carbocycles. The zero-order valence-corrected chi connectivity index (χ0v) is 19.9. The van der Waals surface area contributed by atoms with E-state index < -0.39 is 23.9 Å². The summed E-state index contributed by atoms with van der Waals surface area (Å²) in [4.78, 5) is 55.9. The minimum Gasteiger partial charge on any atom is -0.481 e. The Morgan fingerprint density at radius 3 is 2.31 bits per heavy atom. The number of hydrogen-bond acceptors (Lipinski definition) is 6. The molecule has 0 spiro atoms. The first-order valence-corrected chi connectivity index (χ1v) is 11.9. The summed E-state index contributed by atoms with van der Waals surface area (Å²) in [6.45, 7) is 0. The predicted molar refractivity (Wildman–Crippen MR) is 134 cm³/mol. The molecule has 2 aromatic heterocycles. The molecule has 0 saturated heterocycles. The molecule has 11 nitrogen and oxygen atoms in total. The van der Waals surface area contributed by atoms with Gasteiger partial charge in [0.1, 0.15) is 11.7 Å². The first-order chi connectivity index (χ1) is 17.2. The fourth-order valence-electron chi connectivity index (χ4n) is 3.99. The quantitative estimate of drug-likeness (QED) is 0.183. The van der Waals surface area contributed by atoms with Crippen molar-refractivity contribution in [1.29, 1.82) is 0 Å². The van der Waals surface area contributed by atoms with Gasteiger partial charge in [-0.1, -0.05) is 31.4 Å². The van der Waals surface area contributed by atoms with Crippen LogP contribution in [0.1, 0.15) is 66.6 Å². The van der Waals surface area contributed by atoms with E-state index in [-0.39, 0.29) is 24.3 Å². The minimum atomic E-state index is -1.26. The Balaban J connectivity index is 1.35. The number of unbranched alkanes of at least 4 members (excludes halogenated alkanes) is 4. The number of fused-ring (bicyclic) bond motifs is 1. The molecule has 7 N–H and O–H groups in total. The van der Waals surface area contributed by atoms with E-state index in [0.29, 0.717) is 16.6 Å². The van der Waals surface area contributed by atoms with Gasteiger partial charge in [0.05, 0.1) is 5.39 Å². The summed E-state index contributed by atoms with van der Waals surface area (Å²) >= 11 is 0. The van der Waals surface area contributed by atoms with Crippen LogP contribution >= 0.6 is 0 Å². The van der Waals surface area contributed by atoms with Crippen LogP contribution in [-0.2, 0) is 22.4 Å². The van der Waals surface area contributed by atoms with Crippen molar-refractivity contribution in [2.24, 2.45) is 0 Å². The highest BCUT2D eigenvalue weighted by Gasteiger charge is 2.21. The highest BCUT2D eigenvalue weighted by atomic mass is 16.4. The number of carboxylic acids is 2. The van der Waals surface area contributed by atoms with E-state index in [1.54, 1.807) is 12.1 Å². The molecule has 1 atom stereocenters. The number of nitrogens with one attached hydrogen (secondary N) is 3. The molecule has 1 aromatic carbocycles. The lowest BCUT2D eigenvalue weighted by Gasteiger charge is -2.13. The highest BCUT2D eigenvalue weighted by Crippen LogP contribution is 2.15. The second kappa shape index (κ2) is 12.5. The lowest BCUT2D eigenvalue weighted by atomic mass is 10.0. The predicted octanol–water partition coefficient (Wildman–Crippen LogP) is 2.62. The van der Waals surface area contributed by atoms with Gasteiger partial charge in [0.2, 0.25) is 5.95 Å². The van der Waals surface area contributed by atoms with Gasteiger partial charge in [0.25, 0.3) is 11.5 Å². The zero-order valence-electron chi connectivity index (χ0n) is 19.9. The molecule has 3 aromatic rings. The van der Waals surface area contributed by atoms with E-state index in [4.69, 9.17) is 10.8 Å². The van der Waals surface area contributed by atoms with E-state index in [9.17, 15) is 24.3 Å². The Kier molecular flexibility index (Phi) is 9.20. The summed E-state index contributed by atoms with van der Waals surface area (Å²) in [5, 5.41) is 20.8. The van der Waals surface area contributed by atoms with Crippen molar-refractivity contribution in [2.75, 3.05) is 5.73 Å². The van der Waals surface area contributed by atoms with Gasteiger partial charge in [0.15, 0.2) is 0 Å². The summed E-state index contributed by atoms with van der Waals surface area (Å²) in [7, 11) is 0. The monoisotopic (exact) mass is 497 g/mol. The number of benzene rings is 1. The number of amides is 1. The van der Waals surface area contributed by atoms with Crippen LogP contribution in [0.2, 0.25) is 0 Å². The maximum Gasteiger partial charge on any atom is 0.326 e. The van der Waals surface area contributed by atoms with Gasteiger partial charge in [-0.25, -0.2) is 4.79 Å². The molecule has 0 fully saturated rings. The van der Waals surface area contributed by atoms with Gasteiger partial charge >= 0.3 is 11.9 Å². The molecule has 0 aliphatic carbocycles. The fourth-order valence-corrected chi connectivity index (χ4v) is 3.99. The molecule has 3 rings (SSSR count). The second-order valence-electron chi connectivity index (χ2n) is 8.77. The highest BCUT2D eigenvalue weighted by molar-refractivity contribution is 5.96. The number of aliphatic carboxylic acids is 2. The average Bonchev–Trinajstić information content (AvgIpc) is 3.24. The van der Waals surface area contributed by atoms with Crippen molar-refractivity contribution in [3.05, 3.63) is 57.5 Å². The Morgan fingerprint density at radius 2 is 1.64 bits per heavy atom. The second-order valence-corrected chi connectivity index (χ2v) is 8.77. The van der Waals surface area contributed by atoms with Gasteiger partial charge in [-0.3, -0.25) is 19.4 Å². The first kappa shape index (κ1) is 26.5. The number of nitrogens with two attached hydrogens (primary N) is 1. The van der Waals surface area contributed by atoms with E-state index in [2.05, 4.69) is 20.3 Å². The molecule has 192 valence electrons.